The molecule has 0 bridgehead atoms. The predicted octanol–water partition coefficient (Wildman–Crippen LogP) is 6.49. The van der Waals surface area contributed by atoms with Gasteiger partial charge in [-0.2, -0.15) is 13.2 Å². The number of carbonyl (C=O) groups is 1. The summed E-state index contributed by atoms with van der Waals surface area (Å²) in [5.74, 6) is 2.29. The second kappa shape index (κ2) is 7.72. The van der Waals surface area contributed by atoms with Gasteiger partial charge in [0, 0.05) is 17.4 Å². The Morgan fingerprint density at radius 1 is 1.20 bits per heavy atom. The van der Waals surface area contributed by atoms with Gasteiger partial charge in [-0.15, -0.1) is 0 Å². The molecule has 2 saturated heterocycles. The number of rotatable bonds is 4. The summed E-state index contributed by atoms with van der Waals surface area (Å²) in [6.07, 6.45) is 7.03. The second-order valence-electron chi connectivity index (χ2n) is 10.3. The van der Waals surface area contributed by atoms with Gasteiger partial charge < -0.3 is 4.18 Å². The zero-order valence-corrected chi connectivity index (χ0v) is 19.3. The van der Waals surface area contributed by atoms with Crippen molar-refractivity contribution in [2.45, 2.75) is 96.2 Å². The molecule has 0 N–H and O–H groups in total. The molecule has 6 atom stereocenters. The summed E-state index contributed by atoms with van der Waals surface area (Å²) in [6.45, 7) is 9.51. The van der Waals surface area contributed by atoms with Crippen LogP contribution in [-0.4, -0.2) is 34.3 Å². The number of nitrogens with zero attached hydrogens (tertiary/aromatic N) is 1. The van der Waals surface area contributed by atoms with Gasteiger partial charge in [-0.05, 0) is 82.2 Å². The number of hydrogen-bond donors (Lipinski definition) is 0. The van der Waals surface area contributed by atoms with Crippen LogP contribution < -0.4 is 0 Å². The van der Waals surface area contributed by atoms with E-state index in [9.17, 15) is 18.0 Å². The Balaban J connectivity index is 1.61. The summed E-state index contributed by atoms with van der Waals surface area (Å²) in [5, 5.41) is 0. The number of allylic oxidation sites excluding steroid dienone is 2. The molecule has 170 valence electrons. The van der Waals surface area contributed by atoms with Crippen LogP contribution in [0.25, 0.3) is 0 Å². The Kier molecular flexibility index (Phi) is 5.79. The van der Waals surface area contributed by atoms with Crippen LogP contribution in [0.3, 0.4) is 0 Å². The quantitative estimate of drug-likeness (QED) is 0.462. The van der Waals surface area contributed by atoms with Crippen LogP contribution in [0.4, 0.5) is 13.2 Å². The van der Waals surface area contributed by atoms with Crippen molar-refractivity contribution in [1.29, 1.82) is 0 Å². The van der Waals surface area contributed by atoms with Crippen molar-refractivity contribution in [2.75, 3.05) is 6.54 Å². The average molecular weight is 446 g/mol. The van der Waals surface area contributed by atoms with E-state index in [0.717, 1.165) is 57.1 Å². The van der Waals surface area contributed by atoms with Crippen LogP contribution in [0.2, 0.25) is 0 Å². The van der Waals surface area contributed by atoms with Gasteiger partial charge in [-0.3, -0.25) is 9.69 Å². The minimum atomic E-state index is -4.39. The molecule has 3 nitrogen and oxygen atoms in total. The normalized spacial score (nSPS) is 42.0. The lowest BCUT2D eigenvalue weighted by molar-refractivity contribution is -0.151. The monoisotopic (exact) mass is 445 g/mol. The third-order valence-electron chi connectivity index (χ3n) is 8.87. The van der Waals surface area contributed by atoms with Crippen molar-refractivity contribution >= 4 is 17.8 Å². The maximum atomic E-state index is 12.9. The summed E-state index contributed by atoms with van der Waals surface area (Å²) in [4.78, 5) is 14.8. The van der Waals surface area contributed by atoms with Crippen molar-refractivity contribution in [3.63, 3.8) is 0 Å². The van der Waals surface area contributed by atoms with E-state index in [1.54, 1.807) is 0 Å². The first-order chi connectivity index (χ1) is 14.0. The first-order valence-corrected chi connectivity index (χ1v) is 12.2. The van der Waals surface area contributed by atoms with E-state index in [1.807, 2.05) is 6.92 Å². The molecule has 0 aromatic heterocycles. The number of hydrogen-bond acceptors (Lipinski definition) is 4. The molecule has 2 aliphatic heterocycles. The molecule has 0 aromatic rings. The number of halogens is 3. The lowest BCUT2D eigenvalue weighted by Crippen LogP contribution is -2.67. The summed E-state index contributed by atoms with van der Waals surface area (Å²) >= 11 is -0.342. The molecule has 3 fully saturated rings. The lowest BCUT2D eigenvalue weighted by Gasteiger charge is -2.62. The fourth-order valence-electron chi connectivity index (χ4n) is 7.44. The number of carbonyl (C=O) groups excluding carboxylic acids is 1. The van der Waals surface area contributed by atoms with Gasteiger partial charge in [0.15, 0.2) is 12.0 Å². The van der Waals surface area contributed by atoms with Crippen LogP contribution >= 0.6 is 12.0 Å². The van der Waals surface area contributed by atoms with Gasteiger partial charge >= 0.3 is 5.51 Å². The fourth-order valence-corrected chi connectivity index (χ4v) is 7.93. The second-order valence-corrected chi connectivity index (χ2v) is 11.1. The zero-order chi connectivity index (χ0) is 21.9. The highest BCUT2D eigenvalue weighted by Gasteiger charge is 2.61. The van der Waals surface area contributed by atoms with Crippen molar-refractivity contribution in [2.24, 2.45) is 23.2 Å². The van der Waals surface area contributed by atoms with Crippen LogP contribution in [0, 0.1) is 23.2 Å². The van der Waals surface area contributed by atoms with E-state index in [2.05, 4.69) is 25.7 Å². The topological polar surface area (TPSA) is 29.5 Å². The van der Waals surface area contributed by atoms with E-state index in [4.69, 9.17) is 4.18 Å². The number of ketones is 1. The smallest absolute Gasteiger partial charge is 0.421 e. The molecule has 2 heterocycles. The minimum absolute atomic E-state index is 0.0163. The third-order valence-corrected chi connectivity index (χ3v) is 9.31. The van der Waals surface area contributed by atoms with Crippen molar-refractivity contribution in [3.05, 3.63) is 11.3 Å². The van der Waals surface area contributed by atoms with E-state index in [1.165, 1.54) is 0 Å². The first-order valence-electron chi connectivity index (χ1n) is 11.5. The zero-order valence-electron chi connectivity index (χ0n) is 18.5. The Morgan fingerprint density at radius 3 is 2.60 bits per heavy atom. The predicted molar refractivity (Wildman–Crippen MR) is 113 cm³/mol. The van der Waals surface area contributed by atoms with Crippen LogP contribution in [0.5, 0.6) is 0 Å². The Morgan fingerprint density at radius 2 is 1.93 bits per heavy atom. The number of Topliss-reactive ketones (excluding diaryl/α,β-unsaturated/α-hetero) is 1. The maximum Gasteiger partial charge on any atom is 0.479 e. The molecule has 2 aliphatic carbocycles. The van der Waals surface area contributed by atoms with Crippen molar-refractivity contribution < 1.29 is 22.1 Å². The molecule has 0 spiro atoms. The number of piperidine rings is 2. The highest BCUT2D eigenvalue weighted by molar-refractivity contribution is 7.95. The fraction of sp³-hybridized carbons (Fsp3) is 0.870. The third kappa shape index (κ3) is 3.52. The Labute approximate surface area is 182 Å². The Bertz CT molecular complexity index is 738. The highest BCUT2D eigenvalue weighted by atomic mass is 32.2. The van der Waals surface area contributed by atoms with Gasteiger partial charge in [0.25, 0.3) is 0 Å². The van der Waals surface area contributed by atoms with Gasteiger partial charge in [-0.1, -0.05) is 20.3 Å². The van der Waals surface area contributed by atoms with Crippen molar-refractivity contribution in [3.8, 4) is 0 Å². The number of alkyl halides is 3. The van der Waals surface area contributed by atoms with Crippen LogP contribution in [0.15, 0.2) is 11.3 Å². The molecule has 4 aliphatic rings. The average Bonchev–Trinajstić information content (AvgIpc) is 2.95. The van der Waals surface area contributed by atoms with Gasteiger partial charge in [0.2, 0.25) is 0 Å². The van der Waals surface area contributed by atoms with Crippen LogP contribution in [-0.2, 0) is 8.98 Å². The van der Waals surface area contributed by atoms with Gasteiger partial charge in [0.1, 0.15) is 11.5 Å². The first kappa shape index (κ1) is 22.5. The van der Waals surface area contributed by atoms with E-state index >= 15 is 0 Å². The van der Waals surface area contributed by atoms with Crippen molar-refractivity contribution in [1.82, 2.24) is 4.90 Å². The molecule has 4 rings (SSSR count). The van der Waals surface area contributed by atoms with E-state index < -0.39 is 5.51 Å². The minimum Gasteiger partial charge on any atom is -0.421 e. The number of fused-ring (bicyclic) bond motifs is 5. The lowest BCUT2D eigenvalue weighted by atomic mass is 9.52. The Hall–Kier alpha value is -0.690. The summed E-state index contributed by atoms with van der Waals surface area (Å²) in [7, 11) is 0. The SMILES string of the molecule is CCCC1=C(OSC(F)(F)F)[C@@]2(C)CC[C@@H]3[C@@H](CCN4C(C)C(=O)CC[C@]34C)[C@@H]2C1. The van der Waals surface area contributed by atoms with Gasteiger partial charge in [-0.25, -0.2) is 0 Å². The highest BCUT2D eigenvalue weighted by Crippen LogP contribution is 2.64. The molecule has 0 radical (unpaired) electrons. The molecule has 0 amide bonds. The molecule has 30 heavy (non-hydrogen) atoms. The summed E-state index contributed by atoms with van der Waals surface area (Å²) in [6, 6.07) is -0.0163. The molecule has 1 saturated carbocycles. The maximum absolute atomic E-state index is 12.9. The molecular weight excluding hydrogens is 411 g/mol. The van der Waals surface area contributed by atoms with Gasteiger partial charge in [0.05, 0.1) is 6.04 Å². The molecule has 0 aromatic carbocycles. The molecule has 7 heteroatoms. The molecule has 1 unspecified atom stereocenters. The largest absolute Gasteiger partial charge is 0.479 e. The van der Waals surface area contributed by atoms with Crippen LogP contribution in [0.1, 0.15) is 79.1 Å². The van der Waals surface area contributed by atoms with E-state index in [0.29, 0.717) is 35.7 Å². The standard InChI is InChI=1S/C23H34F3NO2S/c1-5-6-15-13-18-16-9-12-27-14(2)19(28)8-11-22(27,4)17(16)7-10-21(18,3)20(15)29-30-23(24,25)26/h14,16-18H,5-13H2,1-4H3/t14?,16-,17-,18+,21+,22-/m1/s1. The summed E-state index contributed by atoms with van der Waals surface area (Å²) in [5.41, 5.74) is -3.58. The molecular formula is C23H34F3NO2S. The summed E-state index contributed by atoms with van der Waals surface area (Å²) < 4.78 is 44.2. The van der Waals surface area contributed by atoms with E-state index in [-0.39, 0.29) is 29.0 Å².